The number of carboxylic acid groups (broad SMARTS) is 1. The summed E-state index contributed by atoms with van der Waals surface area (Å²) in [4.78, 5) is 27.2. The summed E-state index contributed by atoms with van der Waals surface area (Å²) < 4.78 is 0. The predicted molar refractivity (Wildman–Crippen MR) is 74.8 cm³/mol. The van der Waals surface area contributed by atoms with E-state index < -0.39 is 5.97 Å². The van der Waals surface area contributed by atoms with Crippen LogP contribution in [0.15, 0.2) is 24.3 Å². The minimum Gasteiger partial charge on any atom is -0.478 e. The van der Waals surface area contributed by atoms with Crippen LogP contribution < -0.4 is 5.73 Å². The normalized spacial score (nSPS) is 16.1. The van der Waals surface area contributed by atoms with Gasteiger partial charge in [-0.3, -0.25) is 9.69 Å². The Hall–Kier alpha value is -1.92. The summed E-state index contributed by atoms with van der Waals surface area (Å²) >= 11 is 0. The van der Waals surface area contributed by atoms with Gasteiger partial charge in [0.25, 0.3) is 5.91 Å². The van der Waals surface area contributed by atoms with E-state index in [2.05, 4.69) is 4.90 Å². The first kappa shape index (κ1) is 14.5. The second-order valence-corrected chi connectivity index (χ2v) is 4.81. The van der Waals surface area contributed by atoms with E-state index in [4.69, 9.17) is 10.8 Å². The number of carbonyl (C=O) groups is 2. The molecule has 3 N–H and O–H groups in total. The van der Waals surface area contributed by atoms with Gasteiger partial charge in [-0.05, 0) is 18.2 Å². The molecular weight excluding hydrogens is 258 g/mol. The Bertz CT molecular complexity index is 496. The molecule has 1 aromatic carbocycles. The number of hydrogen-bond donors (Lipinski definition) is 2. The first-order chi connectivity index (χ1) is 9.61. The van der Waals surface area contributed by atoms with Gasteiger partial charge < -0.3 is 15.7 Å². The molecule has 1 heterocycles. The standard InChI is InChI=1S/C14H19N3O3/c15-4-5-16-6-8-17(9-7-16)13(18)11-2-1-3-12(10-11)14(19)20/h1-3,10H,4-9,15H2,(H,19,20). The van der Waals surface area contributed by atoms with Crippen molar-refractivity contribution in [2.24, 2.45) is 5.73 Å². The summed E-state index contributed by atoms with van der Waals surface area (Å²) in [7, 11) is 0. The van der Waals surface area contributed by atoms with E-state index in [0.29, 0.717) is 25.2 Å². The molecule has 6 nitrogen and oxygen atoms in total. The molecule has 1 fully saturated rings. The van der Waals surface area contributed by atoms with Crippen molar-refractivity contribution in [2.75, 3.05) is 39.3 Å². The Kier molecular flexibility index (Phi) is 4.70. The van der Waals surface area contributed by atoms with E-state index in [1.54, 1.807) is 17.0 Å². The summed E-state index contributed by atoms with van der Waals surface area (Å²) in [6.45, 7) is 4.38. The van der Waals surface area contributed by atoms with Crippen LogP contribution in [-0.2, 0) is 0 Å². The van der Waals surface area contributed by atoms with Crippen molar-refractivity contribution in [1.29, 1.82) is 0 Å². The van der Waals surface area contributed by atoms with Gasteiger partial charge in [0.05, 0.1) is 5.56 Å². The highest BCUT2D eigenvalue weighted by atomic mass is 16.4. The number of benzene rings is 1. The molecule has 0 bridgehead atoms. The Balaban J connectivity index is 2.02. The lowest BCUT2D eigenvalue weighted by Crippen LogP contribution is -2.49. The molecular formula is C14H19N3O3. The molecule has 0 spiro atoms. The molecule has 1 amide bonds. The maximum absolute atomic E-state index is 12.3. The molecule has 0 radical (unpaired) electrons. The number of piperazine rings is 1. The average Bonchev–Trinajstić information content (AvgIpc) is 2.48. The molecule has 1 aliphatic heterocycles. The third kappa shape index (κ3) is 3.34. The Morgan fingerprint density at radius 3 is 2.40 bits per heavy atom. The highest BCUT2D eigenvalue weighted by Crippen LogP contribution is 2.11. The van der Waals surface area contributed by atoms with Gasteiger partial charge in [-0.25, -0.2) is 4.79 Å². The SMILES string of the molecule is NCCN1CCN(C(=O)c2cccc(C(=O)O)c2)CC1. The van der Waals surface area contributed by atoms with Crippen molar-refractivity contribution in [3.63, 3.8) is 0 Å². The molecule has 6 heteroatoms. The molecule has 0 saturated carbocycles. The lowest BCUT2D eigenvalue weighted by atomic mass is 10.1. The van der Waals surface area contributed by atoms with Crippen molar-refractivity contribution in [1.82, 2.24) is 9.80 Å². The van der Waals surface area contributed by atoms with Crippen molar-refractivity contribution >= 4 is 11.9 Å². The minimum absolute atomic E-state index is 0.111. The number of carbonyl (C=O) groups excluding carboxylic acids is 1. The van der Waals surface area contributed by atoms with E-state index >= 15 is 0 Å². The largest absolute Gasteiger partial charge is 0.478 e. The van der Waals surface area contributed by atoms with Gasteiger partial charge in [0, 0.05) is 44.8 Å². The average molecular weight is 277 g/mol. The van der Waals surface area contributed by atoms with Crippen molar-refractivity contribution in [3.05, 3.63) is 35.4 Å². The fraction of sp³-hybridized carbons (Fsp3) is 0.429. The van der Waals surface area contributed by atoms with Gasteiger partial charge in [0.1, 0.15) is 0 Å². The Labute approximate surface area is 117 Å². The van der Waals surface area contributed by atoms with Crippen molar-refractivity contribution < 1.29 is 14.7 Å². The van der Waals surface area contributed by atoms with Crippen molar-refractivity contribution in [3.8, 4) is 0 Å². The number of hydrogen-bond acceptors (Lipinski definition) is 4. The number of rotatable bonds is 4. The van der Waals surface area contributed by atoms with E-state index in [-0.39, 0.29) is 11.5 Å². The Morgan fingerprint density at radius 1 is 1.15 bits per heavy atom. The molecule has 0 atom stereocenters. The lowest BCUT2D eigenvalue weighted by molar-refractivity contribution is 0.0641. The predicted octanol–water partition coefficient (Wildman–Crippen LogP) is 0.101. The van der Waals surface area contributed by atoms with Gasteiger partial charge in [-0.2, -0.15) is 0 Å². The fourth-order valence-electron chi connectivity index (χ4n) is 2.32. The highest BCUT2D eigenvalue weighted by molar-refractivity contribution is 5.97. The minimum atomic E-state index is -1.02. The first-order valence-corrected chi connectivity index (χ1v) is 6.67. The number of amides is 1. The molecule has 0 aromatic heterocycles. The number of nitrogens with two attached hydrogens (primary N) is 1. The fourth-order valence-corrected chi connectivity index (χ4v) is 2.32. The van der Waals surface area contributed by atoms with E-state index in [0.717, 1.165) is 19.6 Å². The molecule has 2 rings (SSSR count). The highest BCUT2D eigenvalue weighted by Gasteiger charge is 2.22. The molecule has 108 valence electrons. The van der Waals surface area contributed by atoms with Crippen LogP contribution in [0.4, 0.5) is 0 Å². The van der Waals surface area contributed by atoms with Crippen LogP contribution in [0.25, 0.3) is 0 Å². The summed E-state index contributed by atoms with van der Waals surface area (Å²) in [5.74, 6) is -1.13. The maximum atomic E-state index is 12.3. The third-order valence-electron chi connectivity index (χ3n) is 3.46. The van der Waals surface area contributed by atoms with E-state index in [1.165, 1.54) is 12.1 Å². The second kappa shape index (κ2) is 6.49. The summed E-state index contributed by atoms with van der Waals surface area (Å²) in [6.07, 6.45) is 0. The van der Waals surface area contributed by atoms with Gasteiger partial charge in [0.15, 0.2) is 0 Å². The molecule has 1 aromatic rings. The number of nitrogens with zero attached hydrogens (tertiary/aromatic N) is 2. The van der Waals surface area contributed by atoms with Crippen molar-refractivity contribution in [2.45, 2.75) is 0 Å². The molecule has 0 unspecified atom stereocenters. The number of aromatic carboxylic acids is 1. The maximum Gasteiger partial charge on any atom is 0.335 e. The molecule has 0 aliphatic carbocycles. The molecule has 20 heavy (non-hydrogen) atoms. The zero-order valence-electron chi connectivity index (χ0n) is 11.3. The van der Waals surface area contributed by atoms with Crippen LogP contribution in [0.5, 0.6) is 0 Å². The van der Waals surface area contributed by atoms with Crippen LogP contribution >= 0.6 is 0 Å². The monoisotopic (exact) mass is 277 g/mol. The van der Waals surface area contributed by atoms with Gasteiger partial charge in [-0.15, -0.1) is 0 Å². The van der Waals surface area contributed by atoms with Crippen LogP contribution in [0, 0.1) is 0 Å². The second-order valence-electron chi connectivity index (χ2n) is 4.81. The summed E-state index contributed by atoms with van der Waals surface area (Å²) in [5.41, 5.74) is 6.08. The lowest BCUT2D eigenvalue weighted by Gasteiger charge is -2.34. The quantitative estimate of drug-likeness (QED) is 0.815. The molecule has 1 aliphatic rings. The Morgan fingerprint density at radius 2 is 1.80 bits per heavy atom. The first-order valence-electron chi connectivity index (χ1n) is 6.67. The summed E-state index contributed by atoms with van der Waals surface area (Å²) in [5, 5.41) is 8.95. The van der Waals surface area contributed by atoms with Gasteiger partial charge >= 0.3 is 5.97 Å². The van der Waals surface area contributed by atoms with E-state index in [9.17, 15) is 9.59 Å². The topological polar surface area (TPSA) is 86.9 Å². The van der Waals surface area contributed by atoms with Gasteiger partial charge in [0.2, 0.25) is 0 Å². The van der Waals surface area contributed by atoms with Gasteiger partial charge in [-0.1, -0.05) is 6.07 Å². The van der Waals surface area contributed by atoms with Crippen LogP contribution in [0.2, 0.25) is 0 Å². The van der Waals surface area contributed by atoms with Crippen LogP contribution in [0.3, 0.4) is 0 Å². The molecule has 1 saturated heterocycles. The van der Waals surface area contributed by atoms with E-state index in [1.807, 2.05) is 0 Å². The number of carboxylic acids is 1. The third-order valence-corrected chi connectivity index (χ3v) is 3.46. The zero-order chi connectivity index (χ0) is 14.5. The van der Waals surface area contributed by atoms with Crippen LogP contribution in [0.1, 0.15) is 20.7 Å². The summed E-state index contributed by atoms with van der Waals surface area (Å²) in [6, 6.07) is 6.16. The smallest absolute Gasteiger partial charge is 0.335 e. The zero-order valence-corrected chi connectivity index (χ0v) is 11.3. The van der Waals surface area contributed by atoms with Crippen LogP contribution in [-0.4, -0.2) is 66.1 Å².